The van der Waals surface area contributed by atoms with Crippen LogP contribution in [0.1, 0.15) is 5.76 Å². The molecule has 2 aromatic carbocycles. The number of aryl methyl sites for hydroxylation is 1. The summed E-state index contributed by atoms with van der Waals surface area (Å²) in [5.74, 6) is 0.836. The first-order valence-electron chi connectivity index (χ1n) is 6.75. The highest BCUT2D eigenvalue weighted by Crippen LogP contribution is 2.34. The topological polar surface area (TPSA) is 38.1 Å². The van der Waals surface area contributed by atoms with Crippen molar-refractivity contribution in [2.75, 3.05) is 7.05 Å². The first kappa shape index (κ1) is 13.9. The molecule has 0 saturated heterocycles. The van der Waals surface area contributed by atoms with Crippen molar-refractivity contribution in [1.29, 1.82) is 0 Å². The van der Waals surface area contributed by atoms with Crippen LogP contribution in [0.3, 0.4) is 0 Å². The molecule has 0 spiro atoms. The lowest BCUT2D eigenvalue weighted by atomic mass is 10.00. The van der Waals surface area contributed by atoms with E-state index < -0.39 is 0 Å². The lowest BCUT2D eigenvalue weighted by Crippen LogP contribution is -1.90. The highest BCUT2D eigenvalue weighted by molar-refractivity contribution is 7.97. The fourth-order valence-corrected chi connectivity index (χ4v) is 2.82. The van der Waals surface area contributed by atoms with Gasteiger partial charge in [-0.25, -0.2) is 0 Å². The predicted octanol–water partition coefficient (Wildman–Crippen LogP) is 4.54. The molecule has 0 bridgehead atoms. The summed E-state index contributed by atoms with van der Waals surface area (Å²) in [5.41, 5.74) is 4.13. The summed E-state index contributed by atoms with van der Waals surface area (Å²) in [7, 11) is 1.91. The molecule has 0 aliphatic rings. The van der Waals surface area contributed by atoms with E-state index in [-0.39, 0.29) is 0 Å². The summed E-state index contributed by atoms with van der Waals surface area (Å²) >= 11 is 1.60. The molecule has 0 unspecified atom stereocenters. The van der Waals surface area contributed by atoms with Gasteiger partial charge in [-0.05, 0) is 43.6 Å². The zero-order valence-corrected chi connectivity index (χ0v) is 12.8. The Morgan fingerprint density at radius 2 is 1.67 bits per heavy atom. The van der Waals surface area contributed by atoms with E-state index in [0.29, 0.717) is 0 Å². The standard InChI is InChI=1S/C17H16N2OS/c1-12-16(13-8-10-15(11-9-13)21-18-2)17(19-20-12)14-6-4-3-5-7-14/h3-11,18H,1-2H3. The van der Waals surface area contributed by atoms with Gasteiger partial charge in [-0.15, -0.1) is 0 Å². The van der Waals surface area contributed by atoms with Gasteiger partial charge in [0.15, 0.2) is 0 Å². The lowest BCUT2D eigenvalue weighted by Gasteiger charge is -2.05. The van der Waals surface area contributed by atoms with E-state index >= 15 is 0 Å². The molecule has 0 fully saturated rings. The van der Waals surface area contributed by atoms with Crippen molar-refractivity contribution >= 4 is 11.9 Å². The van der Waals surface area contributed by atoms with Crippen LogP contribution in [0.4, 0.5) is 0 Å². The molecular formula is C17H16N2OS. The van der Waals surface area contributed by atoms with E-state index in [4.69, 9.17) is 4.52 Å². The van der Waals surface area contributed by atoms with Crippen LogP contribution >= 0.6 is 11.9 Å². The molecule has 106 valence electrons. The van der Waals surface area contributed by atoms with Crippen LogP contribution in [0.5, 0.6) is 0 Å². The number of hydrogen-bond donors (Lipinski definition) is 1. The number of rotatable bonds is 4. The van der Waals surface area contributed by atoms with Crippen molar-refractivity contribution < 1.29 is 4.52 Å². The molecule has 1 heterocycles. The van der Waals surface area contributed by atoms with E-state index in [2.05, 4.69) is 34.1 Å². The third kappa shape index (κ3) is 2.86. The molecule has 3 rings (SSSR count). The summed E-state index contributed by atoms with van der Waals surface area (Å²) in [6.07, 6.45) is 0. The zero-order chi connectivity index (χ0) is 14.7. The Morgan fingerprint density at radius 1 is 0.952 bits per heavy atom. The van der Waals surface area contributed by atoms with Crippen molar-refractivity contribution in [1.82, 2.24) is 9.88 Å². The van der Waals surface area contributed by atoms with Crippen molar-refractivity contribution in [2.45, 2.75) is 11.8 Å². The fourth-order valence-electron chi connectivity index (χ4n) is 2.31. The summed E-state index contributed by atoms with van der Waals surface area (Å²) in [6, 6.07) is 18.5. The maximum Gasteiger partial charge on any atom is 0.142 e. The molecular weight excluding hydrogens is 280 g/mol. The maximum atomic E-state index is 5.41. The fraction of sp³-hybridized carbons (Fsp3) is 0.118. The van der Waals surface area contributed by atoms with E-state index in [9.17, 15) is 0 Å². The average molecular weight is 296 g/mol. The van der Waals surface area contributed by atoms with Crippen LogP contribution in [0.2, 0.25) is 0 Å². The Hall–Kier alpha value is -2.04. The molecule has 4 heteroatoms. The van der Waals surface area contributed by atoms with Crippen molar-refractivity contribution in [3.63, 3.8) is 0 Å². The van der Waals surface area contributed by atoms with Gasteiger partial charge in [0.2, 0.25) is 0 Å². The lowest BCUT2D eigenvalue weighted by molar-refractivity contribution is 0.400. The van der Waals surface area contributed by atoms with Gasteiger partial charge in [0.25, 0.3) is 0 Å². The van der Waals surface area contributed by atoms with Crippen molar-refractivity contribution in [3.05, 3.63) is 60.4 Å². The molecule has 1 N–H and O–H groups in total. The summed E-state index contributed by atoms with van der Waals surface area (Å²) in [6.45, 7) is 1.95. The van der Waals surface area contributed by atoms with Gasteiger partial charge in [0.1, 0.15) is 11.5 Å². The third-order valence-electron chi connectivity index (χ3n) is 3.27. The molecule has 0 aliphatic heterocycles. The second-order valence-corrected chi connectivity index (χ2v) is 5.74. The quantitative estimate of drug-likeness (QED) is 0.717. The Bertz CT molecular complexity index is 720. The normalized spacial score (nSPS) is 10.8. The molecule has 3 nitrogen and oxygen atoms in total. The molecule has 21 heavy (non-hydrogen) atoms. The van der Waals surface area contributed by atoms with Gasteiger partial charge in [-0.1, -0.05) is 47.6 Å². The first-order valence-corrected chi connectivity index (χ1v) is 7.57. The Balaban J connectivity index is 2.04. The Morgan fingerprint density at radius 3 is 2.33 bits per heavy atom. The maximum absolute atomic E-state index is 5.41. The van der Waals surface area contributed by atoms with Gasteiger partial charge in [-0.3, -0.25) is 4.72 Å². The summed E-state index contributed by atoms with van der Waals surface area (Å²) < 4.78 is 8.49. The second-order valence-electron chi connectivity index (χ2n) is 4.66. The van der Waals surface area contributed by atoms with Crippen molar-refractivity contribution in [3.8, 4) is 22.4 Å². The first-order chi connectivity index (χ1) is 10.3. The molecule has 0 saturated carbocycles. The van der Waals surface area contributed by atoms with Gasteiger partial charge in [0, 0.05) is 10.5 Å². The molecule has 1 aromatic heterocycles. The average Bonchev–Trinajstić information content (AvgIpc) is 2.91. The van der Waals surface area contributed by atoms with E-state index in [1.807, 2.05) is 44.3 Å². The van der Waals surface area contributed by atoms with Crippen LogP contribution in [0.15, 0.2) is 64.0 Å². The van der Waals surface area contributed by atoms with Gasteiger partial charge in [0.05, 0.1) is 5.56 Å². The molecule has 0 atom stereocenters. The summed E-state index contributed by atoms with van der Waals surface area (Å²) in [5, 5.41) is 4.23. The Kier molecular flexibility index (Phi) is 4.08. The van der Waals surface area contributed by atoms with Crippen molar-refractivity contribution in [2.24, 2.45) is 0 Å². The largest absolute Gasteiger partial charge is 0.360 e. The van der Waals surface area contributed by atoms with E-state index in [1.165, 1.54) is 4.90 Å². The SMILES string of the molecule is CNSc1ccc(-c2c(-c3ccccc3)noc2C)cc1. The smallest absolute Gasteiger partial charge is 0.142 e. The van der Waals surface area contributed by atoms with Crippen LogP contribution in [0.25, 0.3) is 22.4 Å². The highest BCUT2D eigenvalue weighted by atomic mass is 32.2. The van der Waals surface area contributed by atoms with E-state index in [0.717, 1.165) is 28.1 Å². The van der Waals surface area contributed by atoms with Gasteiger partial charge in [-0.2, -0.15) is 0 Å². The third-order valence-corrected chi connectivity index (χ3v) is 3.98. The van der Waals surface area contributed by atoms with Gasteiger partial charge < -0.3 is 4.52 Å². The van der Waals surface area contributed by atoms with Gasteiger partial charge >= 0.3 is 0 Å². The molecule has 0 aliphatic carbocycles. The monoisotopic (exact) mass is 296 g/mol. The van der Waals surface area contributed by atoms with E-state index in [1.54, 1.807) is 11.9 Å². The number of hydrogen-bond acceptors (Lipinski definition) is 4. The second kappa shape index (κ2) is 6.16. The Labute approximate surface area is 128 Å². The molecule has 0 radical (unpaired) electrons. The highest BCUT2D eigenvalue weighted by Gasteiger charge is 2.16. The number of aromatic nitrogens is 1. The minimum atomic E-state index is 0.836. The van der Waals surface area contributed by atoms with Crippen LogP contribution in [-0.4, -0.2) is 12.2 Å². The predicted molar refractivity (Wildman–Crippen MR) is 87.0 cm³/mol. The minimum Gasteiger partial charge on any atom is -0.360 e. The van der Waals surface area contributed by atoms with Crippen LogP contribution in [-0.2, 0) is 0 Å². The zero-order valence-electron chi connectivity index (χ0n) is 12.0. The van der Waals surface area contributed by atoms with Crippen LogP contribution < -0.4 is 4.72 Å². The number of nitrogens with zero attached hydrogens (tertiary/aromatic N) is 1. The minimum absolute atomic E-state index is 0.836. The summed E-state index contributed by atoms with van der Waals surface area (Å²) in [4.78, 5) is 1.18. The number of nitrogens with one attached hydrogen (secondary N) is 1. The molecule has 0 amide bonds. The molecule has 3 aromatic rings. The number of benzene rings is 2. The van der Waals surface area contributed by atoms with Crippen LogP contribution in [0, 0.1) is 6.92 Å².